The molecule has 0 saturated carbocycles. The molecule has 0 aromatic carbocycles. The van der Waals surface area contributed by atoms with Gasteiger partial charge in [0.05, 0.1) is 11.8 Å². The average molecular weight is 384 g/mol. The van der Waals surface area contributed by atoms with Gasteiger partial charge in [0.1, 0.15) is 11.5 Å². The largest absolute Gasteiger partial charge is 0.463 e. The Bertz CT molecular complexity index is 900. The summed E-state index contributed by atoms with van der Waals surface area (Å²) in [5.41, 5.74) is 1.20. The molecule has 27 heavy (non-hydrogen) atoms. The van der Waals surface area contributed by atoms with Gasteiger partial charge in [-0.2, -0.15) is 0 Å². The van der Waals surface area contributed by atoms with Gasteiger partial charge in [0.15, 0.2) is 10.9 Å². The number of amides is 1. The monoisotopic (exact) mass is 384 g/mol. The molecule has 3 aromatic heterocycles. The van der Waals surface area contributed by atoms with Crippen molar-refractivity contribution in [3.05, 3.63) is 47.1 Å². The van der Waals surface area contributed by atoms with Crippen LogP contribution in [0.1, 0.15) is 33.9 Å². The van der Waals surface area contributed by atoms with E-state index in [4.69, 9.17) is 9.15 Å². The molecule has 7 nitrogen and oxygen atoms in total. The predicted octanol–water partition coefficient (Wildman–Crippen LogP) is 3.72. The number of rotatable bonds is 5. The van der Waals surface area contributed by atoms with Gasteiger partial charge in [0.2, 0.25) is 0 Å². The molecule has 0 spiro atoms. The van der Waals surface area contributed by atoms with Crippen LogP contribution >= 0.6 is 11.3 Å². The molecule has 1 aliphatic rings. The zero-order valence-electron chi connectivity index (χ0n) is 15.0. The molecule has 1 aliphatic heterocycles. The fourth-order valence-electron chi connectivity index (χ4n) is 3.04. The zero-order chi connectivity index (χ0) is 18.6. The number of carbonyl (C=O) groups is 1. The van der Waals surface area contributed by atoms with Crippen molar-refractivity contribution in [2.24, 2.45) is 5.92 Å². The Morgan fingerprint density at radius 1 is 1.30 bits per heavy atom. The van der Waals surface area contributed by atoms with Gasteiger partial charge in [-0.15, -0.1) is 11.3 Å². The fraction of sp³-hybridized carbons (Fsp3) is 0.368. The van der Waals surface area contributed by atoms with E-state index in [0.29, 0.717) is 28.2 Å². The third-order valence-electron chi connectivity index (χ3n) is 4.53. The number of hydrogen-bond acceptors (Lipinski definition) is 7. The number of carbonyl (C=O) groups excluding carboxylic acids is 1. The number of aromatic nitrogens is 3. The first kappa shape index (κ1) is 17.8. The maximum Gasteiger partial charge on any atom is 0.260 e. The van der Waals surface area contributed by atoms with E-state index >= 15 is 0 Å². The highest BCUT2D eigenvalue weighted by Crippen LogP contribution is 2.35. The van der Waals surface area contributed by atoms with Gasteiger partial charge < -0.3 is 9.15 Å². The minimum absolute atomic E-state index is 0.271. The van der Waals surface area contributed by atoms with E-state index in [9.17, 15) is 4.79 Å². The van der Waals surface area contributed by atoms with Crippen LogP contribution < -0.4 is 5.32 Å². The molecule has 1 saturated heterocycles. The van der Waals surface area contributed by atoms with Gasteiger partial charge in [0.25, 0.3) is 5.91 Å². The molecular weight excluding hydrogens is 364 g/mol. The van der Waals surface area contributed by atoms with Gasteiger partial charge in [-0.1, -0.05) is 0 Å². The van der Waals surface area contributed by atoms with Crippen LogP contribution in [0.4, 0.5) is 5.13 Å². The number of hydrogen-bond donors (Lipinski definition) is 1. The Morgan fingerprint density at radius 3 is 2.78 bits per heavy atom. The molecule has 4 rings (SSSR count). The van der Waals surface area contributed by atoms with Gasteiger partial charge in [-0.3, -0.25) is 10.1 Å². The molecule has 1 fully saturated rings. The van der Waals surface area contributed by atoms with Crippen LogP contribution in [0.5, 0.6) is 0 Å². The second-order valence-corrected chi connectivity index (χ2v) is 7.58. The van der Waals surface area contributed by atoms with Crippen molar-refractivity contribution >= 4 is 22.4 Å². The zero-order valence-corrected chi connectivity index (χ0v) is 15.8. The van der Waals surface area contributed by atoms with E-state index in [2.05, 4.69) is 20.3 Å². The maximum absolute atomic E-state index is 12.5. The second kappa shape index (κ2) is 7.98. The summed E-state index contributed by atoms with van der Waals surface area (Å²) in [6.45, 7) is 3.38. The molecule has 1 amide bonds. The van der Waals surface area contributed by atoms with Crippen molar-refractivity contribution in [2.45, 2.75) is 26.2 Å². The quantitative estimate of drug-likeness (QED) is 0.721. The normalized spacial score (nSPS) is 15.0. The highest BCUT2D eigenvalue weighted by molar-refractivity contribution is 7.16. The summed E-state index contributed by atoms with van der Waals surface area (Å²) in [5, 5.41) is 3.41. The number of furan rings is 1. The first-order chi connectivity index (χ1) is 13.2. The third kappa shape index (κ3) is 4.23. The van der Waals surface area contributed by atoms with Crippen molar-refractivity contribution in [2.75, 3.05) is 18.5 Å². The smallest absolute Gasteiger partial charge is 0.260 e. The van der Waals surface area contributed by atoms with Crippen LogP contribution in [0.15, 0.2) is 35.2 Å². The van der Waals surface area contributed by atoms with Gasteiger partial charge in [-0.25, -0.2) is 15.0 Å². The van der Waals surface area contributed by atoms with E-state index in [-0.39, 0.29) is 5.91 Å². The number of anilines is 1. The van der Waals surface area contributed by atoms with E-state index in [1.165, 1.54) is 23.7 Å². The maximum atomic E-state index is 12.5. The number of nitrogens with one attached hydrogen (secondary N) is 1. The van der Waals surface area contributed by atoms with Gasteiger partial charge in [-0.05, 0) is 44.2 Å². The van der Waals surface area contributed by atoms with Crippen LogP contribution in [0.3, 0.4) is 0 Å². The molecule has 0 aliphatic carbocycles. The lowest BCUT2D eigenvalue weighted by Gasteiger charge is -2.21. The highest BCUT2D eigenvalue weighted by atomic mass is 32.1. The van der Waals surface area contributed by atoms with Crippen LogP contribution in [0.2, 0.25) is 0 Å². The fourth-order valence-corrected chi connectivity index (χ4v) is 4.12. The molecular formula is C19H20N4O3S. The average Bonchev–Trinajstić information content (AvgIpc) is 3.33. The molecule has 3 aromatic rings. The Morgan fingerprint density at radius 2 is 2.07 bits per heavy atom. The SMILES string of the molecule is Cc1ncc(C(=O)Nc2nc(-c3ccco3)c(CC3CCOCC3)s2)cn1. The minimum Gasteiger partial charge on any atom is -0.463 e. The predicted molar refractivity (Wildman–Crippen MR) is 102 cm³/mol. The van der Waals surface area contributed by atoms with Crippen LogP contribution in [-0.2, 0) is 11.2 Å². The molecule has 4 heterocycles. The van der Waals surface area contributed by atoms with Crippen LogP contribution in [-0.4, -0.2) is 34.1 Å². The van der Waals surface area contributed by atoms with E-state index in [1.54, 1.807) is 13.2 Å². The lowest BCUT2D eigenvalue weighted by molar-refractivity contribution is 0.0667. The molecule has 0 unspecified atom stereocenters. The number of aryl methyl sites for hydroxylation is 1. The topological polar surface area (TPSA) is 90.1 Å². The van der Waals surface area contributed by atoms with Gasteiger partial charge in [0, 0.05) is 30.5 Å². The second-order valence-electron chi connectivity index (χ2n) is 6.50. The summed E-state index contributed by atoms with van der Waals surface area (Å²) in [4.78, 5) is 26.3. The Kier molecular flexibility index (Phi) is 5.26. The number of thiazole rings is 1. The third-order valence-corrected chi connectivity index (χ3v) is 5.52. The van der Waals surface area contributed by atoms with Crippen molar-refractivity contribution in [1.29, 1.82) is 0 Å². The van der Waals surface area contributed by atoms with Crippen molar-refractivity contribution in [3.63, 3.8) is 0 Å². The summed E-state index contributed by atoms with van der Waals surface area (Å²) in [7, 11) is 0. The molecule has 0 atom stereocenters. The number of nitrogens with zero attached hydrogens (tertiary/aromatic N) is 3. The van der Waals surface area contributed by atoms with E-state index in [0.717, 1.165) is 43.0 Å². The lowest BCUT2D eigenvalue weighted by Crippen LogP contribution is -2.17. The summed E-state index contributed by atoms with van der Waals surface area (Å²) in [6.07, 6.45) is 7.65. The van der Waals surface area contributed by atoms with Crippen molar-refractivity contribution in [1.82, 2.24) is 15.0 Å². The Balaban J connectivity index is 1.56. The van der Waals surface area contributed by atoms with E-state index in [1.807, 2.05) is 12.1 Å². The van der Waals surface area contributed by atoms with E-state index < -0.39 is 0 Å². The summed E-state index contributed by atoms with van der Waals surface area (Å²) < 4.78 is 11.0. The molecule has 8 heteroatoms. The summed E-state index contributed by atoms with van der Waals surface area (Å²) in [6, 6.07) is 3.73. The molecule has 140 valence electrons. The first-order valence-corrected chi connectivity index (χ1v) is 9.72. The van der Waals surface area contributed by atoms with Crippen LogP contribution in [0, 0.1) is 12.8 Å². The lowest BCUT2D eigenvalue weighted by atomic mass is 9.95. The van der Waals surface area contributed by atoms with Crippen LogP contribution in [0.25, 0.3) is 11.5 Å². The van der Waals surface area contributed by atoms with Crippen molar-refractivity contribution < 1.29 is 13.9 Å². The standard InChI is InChI=1S/C19H20N4O3S/c1-12-20-10-14(11-21-12)18(24)23-19-22-17(15-3-2-6-26-15)16(27-19)9-13-4-7-25-8-5-13/h2-3,6,10-11,13H,4-5,7-9H2,1H3,(H,22,23,24). The molecule has 0 bridgehead atoms. The highest BCUT2D eigenvalue weighted by Gasteiger charge is 2.22. The van der Waals surface area contributed by atoms with Gasteiger partial charge >= 0.3 is 0 Å². The summed E-state index contributed by atoms with van der Waals surface area (Å²) >= 11 is 1.49. The minimum atomic E-state index is -0.271. The Hall–Kier alpha value is -2.58. The molecule has 0 radical (unpaired) electrons. The van der Waals surface area contributed by atoms with Crippen molar-refractivity contribution in [3.8, 4) is 11.5 Å². The summed E-state index contributed by atoms with van der Waals surface area (Å²) in [5.74, 6) is 1.63. The first-order valence-electron chi connectivity index (χ1n) is 8.90. The number of ether oxygens (including phenoxy) is 1. The molecule has 1 N–H and O–H groups in total. The Labute approximate surface area is 160 Å².